The molecule has 2 aromatic rings. The molecule has 0 atom stereocenters. The maximum Gasteiger partial charge on any atom is 0.0992 e. The van der Waals surface area contributed by atoms with E-state index in [9.17, 15) is 0 Å². The van der Waals surface area contributed by atoms with Crippen LogP contribution in [-0.4, -0.2) is 6.26 Å². The van der Waals surface area contributed by atoms with Crippen molar-refractivity contribution in [2.75, 3.05) is 6.26 Å². The largest absolute Gasteiger partial charge is 0.192 e. The van der Waals surface area contributed by atoms with Crippen LogP contribution in [0, 0.1) is 11.3 Å². The van der Waals surface area contributed by atoms with E-state index in [0.717, 1.165) is 4.47 Å². The summed E-state index contributed by atoms with van der Waals surface area (Å²) in [6, 6.07) is 5.96. The van der Waals surface area contributed by atoms with Crippen LogP contribution >= 0.6 is 39.0 Å². The van der Waals surface area contributed by atoms with Gasteiger partial charge in [0.15, 0.2) is 0 Å². The molecule has 1 nitrogen and oxygen atoms in total. The minimum absolute atomic E-state index is 0.707. The van der Waals surface area contributed by atoms with Crippen molar-refractivity contribution < 1.29 is 0 Å². The van der Waals surface area contributed by atoms with Gasteiger partial charge in [-0.2, -0.15) is 5.26 Å². The standard InChI is InChI=1S/C10H6BrNS2/c1-13-9-5-14-8-3-6(4-12)2-7(11)10(8)9/h2-3,5H,1H3. The fourth-order valence-electron chi connectivity index (χ4n) is 1.30. The summed E-state index contributed by atoms with van der Waals surface area (Å²) in [5, 5.41) is 12.2. The molecular formula is C10H6BrNS2. The second-order valence-electron chi connectivity index (χ2n) is 2.75. The van der Waals surface area contributed by atoms with Crippen LogP contribution in [0.4, 0.5) is 0 Å². The van der Waals surface area contributed by atoms with Gasteiger partial charge in [-0.1, -0.05) is 15.9 Å². The van der Waals surface area contributed by atoms with Crippen LogP contribution < -0.4 is 0 Å². The van der Waals surface area contributed by atoms with Crippen LogP contribution in [-0.2, 0) is 0 Å². The van der Waals surface area contributed by atoms with Crippen molar-refractivity contribution in [2.45, 2.75) is 4.90 Å². The molecule has 4 heteroatoms. The van der Waals surface area contributed by atoms with Gasteiger partial charge in [0.2, 0.25) is 0 Å². The number of thiophene rings is 1. The molecule has 0 saturated carbocycles. The number of nitriles is 1. The predicted octanol–water partition coefficient (Wildman–Crippen LogP) is 4.26. The molecule has 0 unspecified atom stereocenters. The lowest BCUT2D eigenvalue weighted by Gasteiger charge is -1.98. The van der Waals surface area contributed by atoms with Gasteiger partial charge in [0.25, 0.3) is 0 Å². The van der Waals surface area contributed by atoms with Crippen LogP contribution in [0.2, 0.25) is 0 Å². The maximum atomic E-state index is 8.81. The molecule has 14 heavy (non-hydrogen) atoms. The second kappa shape index (κ2) is 3.93. The Hall–Kier alpha value is -0.500. The molecule has 1 aromatic carbocycles. The van der Waals surface area contributed by atoms with Crippen LogP contribution in [0.15, 0.2) is 26.9 Å². The molecule has 0 saturated heterocycles. The first-order valence-electron chi connectivity index (χ1n) is 3.91. The molecule has 0 bridgehead atoms. The van der Waals surface area contributed by atoms with E-state index in [1.807, 2.05) is 12.1 Å². The lowest BCUT2D eigenvalue weighted by Crippen LogP contribution is -1.76. The third-order valence-electron chi connectivity index (χ3n) is 1.94. The van der Waals surface area contributed by atoms with E-state index in [4.69, 9.17) is 5.26 Å². The molecule has 0 radical (unpaired) electrons. The average Bonchev–Trinajstić information content (AvgIpc) is 2.61. The van der Waals surface area contributed by atoms with Crippen molar-refractivity contribution >= 4 is 49.1 Å². The van der Waals surface area contributed by atoms with E-state index < -0.39 is 0 Å². The summed E-state index contributed by atoms with van der Waals surface area (Å²) in [5.41, 5.74) is 0.707. The Morgan fingerprint density at radius 3 is 2.93 bits per heavy atom. The van der Waals surface area contributed by atoms with Crippen molar-refractivity contribution in [2.24, 2.45) is 0 Å². The molecule has 70 valence electrons. The molecule has 0 N–H and O–H groups in total. The molecule has 0 spiro atoms. The van der Waals surface area contributed by atoms with Gasteiger partial charge in [0.1, 0.15) is 0 Å². The highest BCUT2D eigenvalue weighted by molar-refractivity contribution is 9.10. The molecule has 0 aliphatic heterocycles. The molecule has 0 amide bonds. The van der Waals surface area contributed by atoms with Gasteiger partial charge in [-0.3, -0.25) is 0 Å². The Kier molecular flexibility index (Phi) is 2.82. The summed E-state index contributed by atoms with van der Waals surface area (Å²) >= 11 is 6.91. The number of halogens is 1. The first kappa shape index (κ1) is 10.0. The van der Waals surface area contributed by atoms with Crippen LogP contribution in [0.1, 0.15) is 5.56 Å². The first-order valence-corrected chi connectivity index (χ1v) is 6.81. The van der Waals surface area contributed by atoms with Crippen molar-refractivity contribution in [3.8, 4) is 6.07 Å². The third-order valence-corrected chi connectivity index (χ3v) is 4.41. The van der Waals surface area contributed by atoms with Gasteiger partial charge in [-0.15, -0.1) is 23.1 Å². The van der Waals surface area contributed by atoms with E-state index in [1.54, 1.807) is 23.1 Å². The van der Waals surface area contributed by atoms with Gasteiger partial charge in [0.05, 0.1) is 11.6 Å². The normalized spacial score (nSPS) is 10.4. The van der Waals surface area contributed by atoms with Crippen LogP contribution in [0.25, 0.3) is 10.1 Å². The molecule has 1 aromatic heterocycles. The van der Waals surface area contributed by atoms with Crippen molar-refractivity contribution in [1.82, 2.24) is 0 Å². The highest BCUT2D eigenvalue weighted by atomic mass is 79.9. The fourth-order valence-corrected chi connectivity index (χ4v) is 4.14. The number of nitrogens with zero attached hydrogens (tertiary/aromatic N) is 1. The minimum atomic E-state index is 0.707. The predicted molar refractivity (Wildman–Crippen MR) is 66.0 cm³/mol. The van der Waals surface area contributed by atoms with Crippen molar-refractivity contribution in [1.29, 1.82) is 5.26 Å². The second-order valence-corrected chi connectivity index (χ2v) is 5.36. The number of benzene rings is 1. The van der Waals surface area contributed by atoms with Gasteiger partial charge >= 0.3 is 0 Å². The highest BCUT2D eigenvalue weighted by Gasteiger charge is 2.08. The molecule has 2 rings (SSSR count). The summed E-state index contributed by atoms with van der Waals surface area (Å²) in [5.74, 6) is 0. The SMILES string of the molecule is CSc1csc2cc(C#N)cc(Br)c12. The monoisotopic (exact) mass is 283 g/mol. The molecular weight excluding hydrogens is 278 g/mol. The summed E-state index contributed by atoms with van der Waals surface area (Å²) in [6.45, 7) is 0. The molecule has 0 fully saturated rings. The van der Waals surface area contributed by atoms with E-state index in [2.05, 4.69) is 33.6 Å². The zero-order valence-electron chi connectivity index (χ0n) is 7.37. The summed E-state index contributed by atoms with van der Waals surface area (Å²) in [6.07, 6.45) is 2.06. The Balaban J connectivity index is 2.80. The van der Waals surface area contributed by atoms with Gasteiger partial charge < -0.3 is 0 Å². The third kappa shape index (κ3) is 1.56. The zero-order valence-corrected chi connectivity index (χ0v) is 10.6. The van der Waals surface area contributed by atoms with E-state index in [1.165, 1.54) is 15.0 Å². The van der Waals surface area contributed by atoms with Crippen LogP contribution in [0.5, 0.6) is 0 Å². The lowest BCUT2D eigenvalue weighted by molar-refractivity contribution is 1.49. The Bertz CT molecular complexity index is 525. The van der Waals surface area contributed by atoms with Crippen LogP contribution in [0.3, 0.4) is 0 Å². The number of hydrogen-bond donors (Lipinski definition) is 0. The van der Waals surface area contributed by atoms with Gasteiger partial charge in [-0.05, 0) is 18.4 Å². The quantitative estimate of drug-likeness (QED) is 0.731. The van der Waals surface area contributed by atoms with Gasteiger partial charge in [0, 0.05) is 24.8 Å². The smallest absolute Gasteiger partial charge is 0.0992 e. The number of hydrogen-bond acceptors (Lipinski definition) is 3. The van der Waals surface area contributed by atoms with E-state index >= 15 is 0 Å². The number of fused-ring (bicyclic) bond motifs is 1. The summed E-state index contributed by atoms with van der Waals surface area (Å²) < 4.78 is 2.18. The molecule has 0 aliphatic carbocycles. The Labute approximate surface area is 98.9 Å². The van der Waals surface area contributed by atoms with E-state index in [0.29, 0.717) is 5.56 Å². The summed E-state index contributed by atoms with van der Waals surface area (Å²) in [4.78, 5) is 1.27. The summed E-state index contributed by atoms with van der Waals surface area (Å²) in [7, 11) is 0. The lowest BCUT2D eigenvalue weighted by atomic mass is 10.2. The van der Waals surface area contributed by atoms with E-state index in [-0.39, 0.29) is 0 Å². The fraction of sp³-hybridized carbons (Fsp3) is 0.100. The van der Waals surface area contributed by atoms with Gasteiger partial charge in [-0.25, -0.2) is 0 Å². The average molecular weight is 284 g/mol. The Morgan fingerprint density at radius 1 is 1.50 bits per heavy atom. The molecule has 0 aliphatic rings. The Morgan fingerprint density at radius 2 is 2.29 bits per heavy atom. The zero-order chi connectivity index (χ0) is 10.1. The van der Waals surface area contributed by atoms with Crippen molar-refractivity contribution in [3.05, 3.63) is 27.5 Å². The first-order chi connectivity index (χ1) is 6.76. The molecule has 1 heterocycles. The highest BCUT2D eigenvalue weighted by Crippen LogP contribution is 2.37. The minimum Gasteiger partial charge on any atom is -0.192 e. The number of thioether (sulfide) groups is 1. The number of rotatable bonds is 1. The maximum absolute atomic E-state index is 8.81. The topological polar surface area (TPSA) is 23.8 Å². The van der Waals surface area contributed by atoms with Crippen molar-refractivity contribution in [3.63, 3.8) is 0 Å².